The highest BCUT2D eigenvalue weighted by Gasteiger charge is 2.23. The first kappa shape index (κ1) is 14.0. The number of amides is 1. The smallest absolute Gasteiger partial charge is 0.255 e. The second-order valence-corrected chi connectivity index (χ2v) is 6.01. The molecule has 0 atom stereocenters. The van der Waals surface area contributed by atoms with Crippen LogP contribution in [-0.2, 0) is 7.05 Å². The van der Waals surface area contributed by atoms with E-state index in [1.807, 2.05) is 32.0 Å². The van der Waals surface area contributed by atoms with Gasteiger partial charge in [-0.05, 0) is 25.8 Å². The molecule has 3 rings (SSSR count). The van der Waals surface area contributed by atoms with Crippen LogP contribution in [0.4, 0.5) is 0 Å². The van der Waals surface area contributed by atoms with Gasteiger partial charge in [-0.25, -0.2) is 4.98 Å². The van der Waals surface area contributed by atoms with Crippen molar-refractivity contribution < 1.29 is 4.79 Å². The molecule has 2 aromatic rings. The Balaban J connectivity index is 1.88. The fourth-order valence-electron chi connectivity index (χ4n) is 3.26. The minimum Gasteiger partial charge on any atom is -0.339 e. The van der Waals surface area contributed by atoms with Gasteiger partial charge in [-0.1, -0.05) is 19.3 Å². The summed E-state index contributed by atoms with van der Waals surface area (Å²) in [6, 6.07) is 2.30. The minimum absolute atomic E-state index is 0.0690. The van der Waals surface area contributed by atoms with E-state index < -0.39 is 0 Å². The van der Waals surface area contributed by atoms with Gasteiger partial charge in [0.25, 0.3) is 5.91 Å². The average molecular weight is 286 g/mol. The van der Waals surface area contributed by atoms with Crippen molar-refractivity contribution in [1.82, 2.24) is 19.7 Å². The van der Waals surface area contributed by atoms with Crippen molar-refractivity contribution in [2.45, 2.75) is 45.1 Å². The normalized spacial score (nSPS) is 16.3. The van der Waals surface area contributed by atoms with E-state index in [9.17, 15) is 4.79 Å². The van der Waals surface area contributed by atoms with Gasteiger partial charge in [-0.15, -0.1) is 0 Å². The number of aryl methyl sites for hydroxylation is 2. The number of pyridine rings is 1. The largest absolute Gasteiger partial charge is 0.339 e. The molecule has 0 spiro atoms. The average Bonchev–Trinajstić information content (AvgIpc) is 2.81. The summed E-state index contributed by atoms with van der Waals surface area (Å²) in [4.78, 5) is 19.0. The first-order valence-electron chi connectivity index (χ1n) is 7.64. The SMILES string of the molecule is Cc1nn(C)c2ncc(C(=O)N(C)C3CCCCC3)cc12. The molecule has 5 heteroatoms. The highest BCUT2D eigenvalue weighted by atomic mass is 16.2. The van der Waals surface area contributed by atoms with Gasteiger partial charge in [0, 0.05) is 31.7 Å². The number of nitrogens with zero attached hydrogens (tertiary/aromatic N) is 4. The van der Waals surface area contributed by atoms with Gasteiger partial charge < -0.3 is 4.90 Å². The Hall–Kier alpha value is -1.91. The third kappa shape index (κ3) is 2.52. The van der Waals surface area contributed by atoms with Crippen LogP contribution < -0.4 is 0 Å². The Bertz CT molecular complexity index is 670. The molecule has 1 amide bonds. The quantitative estimate of drug-likeness (QED) is 0.853. The second-order valence-electron chi connectivity index (χ2n) is 6.01. The van der Waals surface area contributed by atoms with Crippen molar-refractivity contribution in [3.8, 4) is 0 Å². The van der Waals surface area contributed by atoms with Crippen LogP contribution in [0.15, 0.2) is 12.3 Å². The predicted octanol–water partition coefficient (Wildman–Crippen LogP) is 2.68. The highest BCUT2D eigenvalue weighted by molar-refractivity contribution is 5.97. The molecular weight excluding hydrogens is 264 g/mol. The zero-order valence-corrected chi connectivity index (χ0v) is 13.0. The fraction of sp³-hybridized carbons (Fsp3) is 0.562. The monoisotopic (exact) mass is 286 g/mol. The standard InChI is InChI=1S/C16H22N4O/c1-11-14-9-12(10-17-15(14)20(3)18-11)16(21)19(2)13-7-5-4-6-8-13/h9-10,13H,4-8H2,1-3H3. The Labute approximate surface area is 125 Å². The van der Waals surface area contributed by atoms with Gasteiger partial charge in [0.1, 0.15) is 0 Å². The third-order valence-corrected chi connectivity index (χ3v) is 4.55. The Kier molecular flexibility index (Phi) is 3.66. The lowest BCUT2D eigenvalue weighted by atomic mass is 9.94. The molecule has 5 nitrogen and oxygen atoms in total. The first-order chi connectivity index (χ1) is 10.1. The van der Waals surface area contributed by atoms with E-state index in [0.29, 0.717) is 11.6 Å². The molecule has 0 N–H and O–H groups in total. The lowest BCUT2D eigenvalue weighted by molar-refractivity contribution is 0.0696. The molecule has 0 unspecified atom stereocenters. The summed E-state index contributed by atoms with van der Waals surface area (Å²) < 4.78 is 1.75. The summed E-state index contributed by atoms with van der Waals surface area (Å²) in [6.07, 6.45) is 7.64. The van der Waals surface area contributed by atoms with Crippen LogP contribution in [0.2, 0.25) is 0 Å². The fourth-order valence-corrected chi connectivity index (χ4v) is 3.26. The summed E-state index contributed by atoms with van der Waals surface area (Å²) in [6.45, 7) is 1.95. The van der Waals surface area contributed by atoms with Gasteiger partial charge in [-0.3, -0.25) is 9.48 Å². The topological polar surface area (TPSA) is 51.0 Å². The number of hydrogen-bond donors (Lipinski definition) is 0. The zero-order valence-electron chi connectivity index (χ0n) is 13.0. The minimum atomic E-state index is 0.0690. The van der Waals surface area contributed by atoms with E-state index in [1.54, 1.807) is 10.9 Å². The molecule has 1 fully saturated rings. The molecule has 2 heterocycles. The molecule has 1 aliphatic carbocycles. The molecule has 21 heavy (non-hydrogen) atoms. The number of fused-ring (bicyclic) bond motifs is 1. The molecule has 1 aliphatic rings. The van der Waals surface area contributed by atoms with Gasteiger partial charge >= 0.3 is 0 Å². The highest BCUT2D eigenvalue weighted by Crippen LogP contribution is 2.24. The van der Waals surface area contributed by atoms with Crippen LogP contribution in [-0.4, -0.2) is 38.7 Å². The summed E-state index contributed by atoms with van der Waals surface area (Å²) >= 11 is 0. The first-order valence-corrected chi connectivity index (χ1v) is 7.64. The molecule has 112 valence electrons. The van der Waals surface area contributed by atoms with Gasteiger partial charge in [0.05, 0.1) is 11.3 Å². The van der Waals surface area contributed by atoms with Crippen molar-refractivity contribution in [1.29, 1.82) is 0 Å². The van der Waals surface area contributed by atoms with Crippen LogP contribution in [0.25, 0.3) is 11.0 Å². The summed E-state index contributed by atoms with van der Waals surface area (Å²) in [5.41, 5.74) is 2.39. The van der Waals surface area contributed by atoms with Crippen LogP contribution in [0.1, 0.15) is 48.2 Å². The summed E-state index contributed by atoms with van der Waals surface area (Å²) in [5.74, 6) is 0.0690. The molecule has 0 aromatic carbocycles. The number of aromatic nitrogens is 3. The number of rotatable bonds is 2. The second kappa shape index (κ2) is 5.47. The van der Waals surface area contributed by atoms with E-state index in [2.05, 4.69) is 10.1 Å². The molecule has 2 aromatic heterocycles. The maximum atomic E-state index is 12.7. The summed E-state index contributed by atoms with van der Waals surface area (Å²) in [7, 11) is 3.79. The number of hydrogen-bond acceptors (Lipinski definition) is 3. The zero-order chi connectivity index (χ0) is 15.0. The van der Waals surface area contributed by atoms with Crippen molar-refractivity contribution in [3.05, 3.63) is 23.5 Å². The Morgan fingerprint density at radius 3 is 2.76 bits per heavy atom. The predicted molar refractivity (Wildman–Crippen MR) is 82.2 cm³/mol. The van der Waals surface area contributed by atoms with Crippen molar-refractivity contribution in [2.24, 2.45) is 7.05 Å². The van der Waals surface area contributed by atoms with Gasteiger partial charge in [-0.2, -0.15) is 5.10 Å². The molecule has 0 aliphatic heterocycles. The number of carbonyl (C=O) groups excluding carboxylic acids is 1. The maximum absolute atomic E-state index is 12.7. The van der Waals surface area contributed by atoms with Crippen molar-refractivity contribution in [3.63, 3.8) is 0 Å². The van der Waals surface area contributed by atoms with Crippen molar-refractivity contribution >= 4 is 16.9 Å². The van der Waals surface area contributed by atoms with E-state index in [4.69, 9.17) is 0 Å². The Morgan fingerprint density at radius 1 is 1.33 bits per heavy atom. The molecule has 1 saturated carbocycles. The van der Waals surface area contributed by atoms with E-state index in [-0.39, 0.29) is 5.91 Å². The lowest BCUT2D eigenvalue weighted by Gasteiger charge is -2.31. The molecule has 0 saturated heterocycles. The Morgan fingerprint density at radius 2 is 2.05 bits per heavy atom. The molecule has 0 bridgehead atoms. The van der Waals surface area contributed by atoms with Gasteiger partial charge in [0.15, 0.2) is 5.65 Å². The number of carbonyl (C=O) groups is 1. The van der Waals surface area contributed by atoms with Crippen molar-refractivity contribution in [2.75, 3.05) is 7.05 Å². The van der Waals surface area contributed by atoms with Gasteiger partial charge in [0.2, 0.25) is 0 Å². The van der Waals surface area contributed by atoms with E-state index in [0.717, 1.165) is 29.6 Å². The van der Waals surface area contributed by atoms with Crippen LogP contribution >= 0.6 is 0 Å². The molecular formula is C16H22N4O. The maximum Gasteiger partial charge on any atom is 0.255 e. The summed E-state index contributed by atoms with van der Waals surface area (Å²) in [5, 5.41) is 5.31. The van der Waals surface area contributed by atoms with E-state index >= 15 is 0 Å². The lowest BCUT2D eigenvalue weighted by Crippen LogP contribution is -2.38. The van der Waals surface area contributed by atoms with Crippen LogP contribution in [0, 0.1) is 6.92 Å². The van der Waals surface area contributed by atoms with E-state index in [1.165, 1.54) is 19.3 Å². The molecule has 0 radical (unpaired) electrons. The van der Waals surface area contributed by atoms with Crippen LogP contribution in [0.5, 0.6) is 0 Å². The third-order valence-electron chi connectivity index (χ3n) is 4.55. The van der Waals surface area contributed by atoms with Crippen LogP contribution in [0.3, 0.4) is 0 Å².